The summed E-state index contributed by atoms with van der Waals surface area (Å²) in [6, 6.07) is 12.0. The molecule has 1 heterocycles. The average Bonchev–Trinajstić information content (AvgIpc) is 2.92. The second-order valence-electron chi connectivity index (χ2n) is 4.25. The van der Waals surface area contributed by atoms with Gasteiger partial charge in [-0.1, -0.05) is 30.1 Å². The smallest absolute Gasteiger partial charge is 0.337 e. The standard InChI is InChI=1S/C14H10FN3O2S/c15-9-5-7-10(8-6-9)16-14(19)18(21)13-11-3-1-2-4-12(11)20-17-13/h1-8,21H,(H,16,19). The maximum atomic E-state index is 12.8. The van der Waals surface area contributed by atoms with Gasteiger partial charge in [-0.2, -0.15) is 0 Å². The third-order valence-corrected chi connectivity index (χ3v) is 3.22. The number of nitrogens with zero attached hydrogens (tertiary/aromatic N) is 2. The van der Waals surface area contributed by atoms with Crippen LogP contribution in [0.3, 0.4) is 0 Å². The lowest BCUT2D eigenvalue weighted by atomic mass is 10.2. The first-order chi connectivity index (χ1) is 10.1. The van der Waals surface area contributed by atoms with Crippen LogP contribution in [0, 0.1) is 5.82 Å². The molecule has 3 rings (SSSR count). The molecular formula is C14H10FN3O2S. The number of anilines is 2. The minimum absolute atomic E-state index is 0.286. The fraction of sp³-hybridized carbons (Fsp3) is 0. The monoisotopic (exact) mass is 303 g/mol. The van der Waals surface area contributed by atoms with E-state index >= 15 is 0 Å². The molecule has 0 bridgehead atoms. The summed E-state index contributed by atoms with van der Waals surface area (Å²) < 4.78 is 19.0. The van der Waals surface area contributed by atoms with E-state index in [0.717, 1.165) is 4.31 Å². The summed E-state index contributed by atoms with van der Waals surface area (Å²) >= 11 is 4.13. The van der Waals surface area contributed by atoms with Gasteiger partial charge in [0.25, 0.3) is 0 Å². The molecule has 0 unspecified atom stereocenters. The number of hydrogen-bond donors (Lipinski definition) is 2. The fourth-order valence-corrected chi connectivity index (χ4v) is 2.03. The van der Waals surface area contributed by atoms with E-state index in [1.807, 2.05) is 6.07 Å². The molecule has 0 saturated carbocycles. The Bertz CT molecular complexity index is 788. The van der Waals surface area contributed by atoms with E-state index in [1.54, 1.807) is 18.2 Å². The van der Waals surface area contributed by atoms with Gasteiger partial charge in [0.05, 0.1) is 5.39 Å². The Kier molecular flexibility index (Phi) is 3.49. The van der Waals surface area contributed by atoms with Crippen LogP contribution in [0.1, 0.15) is 0 Å². The van der Waals surface area contributed by atoms with Gasteiger partial charge in [0.1, 0.15) is 5.82 Å². The maximum absolute atomic E-state index is 12.8. The molecule has 0 aliphatic carbocycles. The number of carbonyl (C=O) groups is 1. The molecule has 3 aromatic rings. The van der Waals surface area contributed by atoms with Gasteiger partial charge in [-0.25, -0.2) is 13.5 Å². The van der Waals surface area contributed by atoms with Crippen molar-refractivity contribution >= 4 is 41.3 Å². The molecule has 0 fully saturated rings. The first-order valence-corrected chi connectivity index (χ1v) is 6.45. The summed E-state index contributed by atoms with van der Waals surface area (Å²) in [5, 5.41) is 7.08. The lowest BCUT2D eigenvalue weighted by Crippen LogP contribution is -2.27. The summed E-state index contributed by atoms with van der Waals surface area (Å²) in [7, 11) is 0. The second kappa shape index (κ2) is 5.45. The van der Waals surface area contributed by atoms with Crippen LogP contribution in [-0.4, -0.2) is 11.2 Å². The van der Waals surface area contributed by atoms with Crippen LogP contribution in [0.15, 0.2) is 53.1 Å². The summed E-state index contributed by atoms with van der Waals surface area (Å²) in [6.07, 6.45) is 0. The number of carbonyl (C=O) groups excluding carboxylic acids is 1. The second-order valence-corrected chi connectivity index (χ2v) is 4.65. The number of rotatable bonds is 2. The average molecular weight is 303 g/mol. The van der Waals surface area contributed by atoms with E-state index in [2.05, 4.69) is 23.3 Å². The molecule has 0 aliphatic heterocycles. The Hall–Kier alpha value is -2.54. The Morgan fingerprint density at radius 2 is 1.90 bits per heavy atom. The van der Waals surface area contributed by atoms with E-state index < -0.39 is 6.03 Å². The topological polar surface area (TPSA) is 58.4 Å². The highest BCUT2D eigenvalue weighted by molar-refractivity contribution is 7.82. The van der Waals surface area contributed by atoms with E-state index in [0.29, 0.717) is 16.7 Å². The molecule has 1 N–H and O–H groups in total. The molecule has 0 spiro atoms. The Morgan fingerprint density at radius 1 is 1.19 bits per heavy atom. The van der Waals surface area contributed by atoms with Crippen LogP contribution in [0.5, 0.6) is 0 Å². The van der Waals surface area contributed by atoms with Crippen molar-refractivity contribution < 1.29 is 13.7 Å². The SMILES string of the molecule is O=C(Nc1ccc(F)cc1)N(S)c1noc2ccccc12. The van der Waals surface area contributed by atoms with E-state index in [-0.39, 0.29) is 11.6 Å². The minimum Gasteiger partial charge on any atom is -0.354 e. The van der Waals surface area contributed by atoms with Crippen LogP contribution in [-0.2, 0) is 0 Å². The quantitative estimate of drug-likeness (QED) is 0.707. The van der Waals surface area contributed by atoms with Crippen LogP contribution in [0.25, 0.3) is 11.0 Å². The zero-order valence-electron chi connectivity index (χ0n) is 10.7. The highest BCUT2D eigenvalue weighted by Gasteiger charge is 2.19. The summed E-state index contributed by atoms with van der Waals surface area (Å²) in [4.78, 5) is 12.1. The molecular weight excluding hydrogens is 293 g/mol. The molecule has 7 heteroatoms. The maximum Gasteiger partial charge on any atom is 0.337 e. The molecule has 2 aromatic carbocycles. The first-order valence-electron chi connectivity index (χ1n) is 6.05. The van der Waals surface area contributed by atoms with Crippen molar-refractivity contribution in [2.45, 2.75) is 0 Å². The number of amides is 2. The third kappa shape index (κ3) is 2.68. The van der Waals surface area contributed by atoms with E-state index in [1.165, 1.54) is 24.3 Å². The summed E-state index contributed by atoms with van der Waals surface area (Å²) in [5.74, 6) is -0.0910. The number of halogens is 1. The van der Waals surface area contributed by atoms with Gasteiger partial charge in [-0.15, -0.1) is 0 Å². The van der Waals surface area contributed by atoms with Crippen molar-refractivity contribution in [2.75, 3.05) is 9.62 Å². The van der Waals surface area contributed by atoms with Crippen molar-refractivity contribution in [1.82, 2.24) is 5.16 Å². The Balaban J connectivity index is 1.82. The van der Waals surface area contributed by atoms with Gasteiger partial charge >= 0.3 is 6.03 Å². The normalized spacial score (nSPS) is 10.6. The van der Waals surface area contributed by atoms with Crippen LogP contribution in [0.4, 0.5) is 20.7 Å². The van der Waals surface area contributed by atoms with Gasteiger partial charge in [0.2, 0.25) is 0 Å². The zero-order valence-corrected chi connectivity index (χ0v) is 11.5. The molecule has 0 radical (unpaired) electrons. The number of fused-ring (bicyclic) bond motifs is 1. The van der Waals surface area contributed by atoms with Crippen molar-refractivity contribution in [3.05, 3.63) is 54.3 Å². The number of urea groups is 1. The zero-order chi connectivity index (χ0) is 14.8. The molecule has 0 atom stereocenters. The van der Waals surface area contributed by atoms with E-state index in [9.17, 15) is 9.18 Å². The molecule has 0 saturated heterocycles. The number of hydrogen-bond acceptors (Lipinski definition) is 4. The Labute approximate surface area is 124 Å². The highest BCUT2D eigenvalue weighted by Crippen LogP contribution is 2.27. The number of nitrogens with one attached hydrogen (secondary N) is 1. The lowest BCUT2D eigenvalue weighted by molar-refractivity contribution is 0.260. The van der Waals surface area contributed by atoms with Crippen molar-refractivity contribution in [3.8, 4) is 0 Å². The van der Waals surface area contributed by atoms with Crippen LogP contribution >= 0.6 is 12.8 Å². The molecule has 21 heavy (non-hydrogen) atoms. The fourth-order valence-electron chi connectivity index (χ4n) is 1.83. The number of aromatic nitrogens is 1. The van der Waals surface area contributed by atoms with Gasteiger partial charge in [0, 0.05) is 5.69 Å². The van der Waals surface area contributed by atoms with Crippen LogP contribution in [0.2, 0.25) is 0 Å². The Morgan fingerprint density at radius 3 is 2.67 bits per heavy atom. The number of thiol groups is 1. The van der Waals surface area contributed by atoms with E-state index in [4.69, 9.17) is 4.52 Å². The molecule has 1 aromatic heterocycles. The third-order valence-electron chi connectivity index (χ3n) is 2.85. The summed E-state index contributed by atoms with van der Waals surface area (Å²) in [5.41, 5.74) is 1.01. The molecule has 2 amide bonds. The van der Waals surface area contributed by atoms with Gasteiger partial charge in [-0.3, -0.25) is 0 Å². The van der Waals surface area contributed by atoms with Crippen molar-refractivity contribution in [2.24, 2.45) is 0 Å². The minimum atomic E-state index is -0.524. The predicted octanol–water partition coefficient (Wildman–Crippen LogP) is 3.85. The number of para-hydroxylation sites is 1. The van der Waals surface area contributed by atoms with Gasteiger partial charge in [0.15, 0.2) is 11.4 Å². The van der Waals surface area contributed by atoms with Crippen LogP contribution < -0.4 is 9.62 Å². The van der Waals surface area contributed by atoms with Crippen molar-refractivity contribution in [3.63, 3.8) is 0 Å². The molecule has 0 aliphatic rings. The summed E-state index contributed by atoms with van der Waals surface area (Å²) in [6.45, 7) is 0. The van der Waals surface area contributed by atoms with Gasteiger partial charge < -0.3 is 9.84 Å². The lowest BCUT2D eigenvalue weighted by Gasteiger charge is -2.13. The predicted molar refractivity (Wildman–Crippen MR) is 80.9 cm³/mol. The number of benzene rings is 2. The molecule has 106 valence electrons. The molecule has 5 nitrogen and oxygen atoms in total. The first kappa shape index (κ1) is 13.4. The highest BCUT2D eigenvalue weighted by atomic mass is 32.1. The largest absolute Gasteiger partial charge is 0.354 e. The van der Waals surface area contributed by atoms with Gasteiger partial charge in [-0.05, 0) is 36.4 Å². The van der Waals surface area contributed by atoms with Crippen molar-refractivity contribution in [1.29, 1.82) is 0 Å².